The number of hydrogen-bond acceptors (Lipinski definition) is 2. The van der Waals surface area contributed by atoms with Gasteiger partial charge in [0.15, 0.2) is 0 Å². The topological polar surface area (TPSA) is 26.3 Å². The normalized spacial score (nSPS) is 18.8. The fraction of sp³-hybridized carbons (Fsp3) is 0.714. The lowest BCUT2D eigenvalue weighted by molar-refractivity contribution is -0.147. The summed E-state index contributed by atoms with van der Waals surface area (Å²) in [6, 6.07) is 0. The average Bonchev–Trinajstić information content (AvgIpc) is 1.60. The van der Waals surface area contributed by atoms with Gasteiger partial charge in [-0.05, 0) is 19.8 Å². The standard InChI is InChI=1S/C7H11O2/c1-2-9-7(8)6-4-3-5-6/h2,6H,3-5H2,1H3. The fourth-order valence-corrected chi connectivity index (χ4v) is 0.856. The number of esters is 1. The van der Waals surface area contributed by atoms with Crippen molar-refractivity contribution >= 4 is 5.97 Å². The molecule has 0 aromatic heterocycles. The second-order valence-corrected chi connectivity index (χ2v) is 2.30. The zero-order valence-corrected chi connectivity index (χ0v) is 5.59. The van der Waals surface area contributed by atoms with E-state index in [1.165, 1.54) is 13.0 Å². The van der Waals surface area contributed by atoms with E-state index in [-0.39, 0.29) is 11.9 Å². The highest BCUT2D eigenvalue weighted by atomic mass is 16.5. The minimum atomic E-state index is -0.0521. The van der Waals surface area contributed by atoms with Crippen molar-refractivity contribution in [3.63, 3.8) is 0 Å². The number of ether oxygens (including phenoxy) is 1. The molecule has 0 aliphatic heterocycles. The zero-order chi connectivity index (χ0) is 6.69. The summed E-state index contributed by atoms with van der Waals surface area (Å²) >= 11 is 0. The van der Waals surface area contributed by atoms with E-state index in [4.69, 9.17) is 0 Å². The van der Waals surface area contributed by atoms with Crippen molar-refractivity contribution in [3.05, 3.63) is 6.61 Å². The predicted octanol–water partition coefficient (Wildman–Crippen LogP) is 1.51. The van der Waals surface area contributed by atoms with Gasteiger partial charge in [0.05, 0.1) is 5.92 Å². The van der Waals surface area contributed by atoms with Crippen LogP contribution in [0.1, 0.15) is 26.2 Å². The van der Waals surface area contributed by atoms with E-state index in [9.17, 15) is 4.79 Å². The molecule has 9 heavy (non-hydrogen) atoms. The number of carbonyl (C=O) groups excluding carboxylic acids is 1. The molecule has 51 valence electrons. The van der Waals surface area contributed by atoms with Crippen LogP contribution in [0, 0.1) is 12.5 Å². The summed E-state index contributed by atoms with van der Waals surface area (Å²) in [7, 11) is 0. The highest BCUT2D eigenvalue weighted by Crippen LogP contribution is 2.27. The summed E-state index contributed by atoms with van der Waals surface area (Å²) in [5, 5.41) is 0. The highest BCUT2D eigenvalue weighted by Gasteiger charge is 2.25. The molecule has 0 aromatic rings. The van der Waals surface area contributed by atoms with Gasteiger partial charge in [0.1, 0.15) is 6.61 Å². The first-order chi connectivity index (χ1) is 4.34. The molecule has 0 N–H and O–H groups in total. The summed E-state index contributed by atoms with van der Waals surface area (Å²) in [5.41, 5.74) is 0. The van der Waals surface area contributed by atoms with Crippen LogP contribution < -0.4 is 0 Å². The van der Waals surface area contributed by atoms with E-state index in [2.05, 4.69) is 4.74 Å². The van der Waals surface area contributed by atoms with E-state index in [1.54, 1.807) is 6.92 Å². The van der Waals surface area contributed by atoms with Gasteiger partial charge in [-0.1, -0.05) is 6.42 Å². The zero-order valence-electron chi connectivity index (χ0n) is 5.59. The van der Waals surface area contributed by atoms with E-state index in [1.807, 2.05) is 0 Å². The van der Waals surface area contributed by atoms with E-state index < -0.39 is 0 Å². The maximum absolute atomic E-state index is 10.8. The molecule has 0 spiro atoms. The summed E-state index contributed by atoms with van der Waals surface area (Å²) < 4.78 is 4.68. The molecule has 0 saturated heterocycles. The van der Waals surface area contributed by atoms with Crippen molar-refractivity contribution in [2.45, 2.75) is 26.2 Å². The molecule has 2 nitrogen and oxygen atoms in total. The first kappa shape index (κ1) is 6.59. The minimum Gasteiger partial charge on any atom is -0.459 e. The van der Waals surface area contributed by atoms with E-state index >= 15 is 0 Å². The predicted molar refractivity (Wildman–Crippen MR) is 33.4 cm³/mol. The Bertz CT molecular complexity index is 105. The van der Waals surface area contributed by atoms with Crippen LogP contribution in [0.25, 0.3) is 0 Å². The third-order valence-electron chi connectivity index (χ3n) is 1.67. The Labute approximate surface area is 55.2 Å². The molecule has 1 aliphatic carbocycles. The third kappa shape index (κ3) is 1.44. The van der Waals surface area contributed by atoms with E-state index in [0.717, 1.165) is 12.8 Å². The molecule has 0 atom stereocenters. The number of rotatable bonds is 2. The smallest absolute Gasteiger partial charge is 0.309 e. The van der Waals surface area contributed by atoms with Crippen LogP contribution in [0.4, 0.5) is 0 Å². The maximum atomic E-state index is 10.8. The van der Waals surface area contributed by atoms with Crippen LogP contribution in [0.3, 0.4) is 0 Å². The molecule has 1 rings (SSSR count). The van der Waals surface area contributed by atoms with Crippen LogP contribution in [-0.2, 0) is 9.53 Å². The van der Waals surface area contributed by atoms with Crippen molar-refractivity contribution in [1.82, 2.24) is 0 Å². The summed E-state index contributed by atoms with van der Waals surface area (Å²) in [5.74, 6) is 0.157. The molecule has 0 unspecified atom stereocenters. The maximum Gasteiger partial charge on any atom is 0.309 e. The molecule has 0 bridgehead atoms. The van der Waals surface area contributed by atoms with Gasteiger partial charge >= 0.3 is 5.97 Å². The Morgan fingerprint density at radius 3 is 2.67 bits per heavy atom. The van der Waals surface area contributed by atoms with Gasteiger partial charge in [0.25, 0.3) is 0 Å². The summed E-state index contributed by atoms with van der Waals surface area (Å²) in [4.78, 5) is 10.8. The van der Waals surface area contributed by atoms with Crippen LogP contribution in [0.15, 0.2) is 0 Å². The first-order valence-electron chi connectivity index (χ1n) is 3.33. The van der Waals surface area contributed by atoms with Crippen LogP contribution in [0.2, 0.25) is 0 Å². The van der Waals surface area contributed by atoms with Crippen molar-refractivity contribution in [2.75, 3.05) is 0 Å². The molecular weight excluding hydrogens is 116 g/mol. The Balaban J connectivity index is 2.16. The fourth-order valence-electron chi connectivity index (χ4n) is 0.856. The molecule has 2 heteroatoms. The van der Waals surface area contributed by atoms with Gasteiger partial charge in [0.2, 0.25) is 0 Å². The molecule has 0 aromatic carbocycles. The average molecular weight is 127 g/mol. The van der Waals surface area contributed by atoms with Gasteiger partial charge in [-0.25, -0.2) is 0 Å². The van der Waals surface area contributed by atoms with Gasteiger partial charge in [-0.2, -0.15) is 0 Å². The van der Waals surface area contributed by atoms with Crippen LogP contribution in [-0.4, -0.2) is 5.97 Å². The van der Waals surface area contributed by atoms with E-state index in [0.29, 0.717) is 0 Å². The van der Waals surface area contributed by atoms with Gasteiger partial charge in [-0.15, -0.1) is 0 Å². The SMILES string of the molecule is C[CH]OC(=O)C1CCC1. The van der Waals surface area contributed by atoms with Crippen molar-refractivity contribution in [2.24, 2.45) is 5.92 Å². The first-order valence-corrected chi connectivity index (χ1v) is 3.33. The second-order valence-electron chi connectivity index (χ2n) is 2.30. The van der Waals surface area contributed by atoms with Crippen molar-refractivity contribution in [3.8, 4) is 0 Å². The molecule has 1 aliphatic rings. The lowest BCUT2D eigenvalue weighted by atomic mass is 9.86. The lowest BCUT2D eigenvalue weighted by Crippen LogP contribution is -2.22. The molecular formula is C7H11O2. The highest BCUT2D eigenvalue weighted by molar-refractivity contribution is 5.73. The quantitative estimate of drug-likeness (QED) is 0.525. The second kappa shape index (κ2) is 2.85. The summed E-state index contributed by atoms with van der Waals surface area (Å²) in [6.45, 7) is 3.16. The molecule has 0 amide bonds. The third-order valence-corrected chi connectivity index (χ3v) is 1.67. The lowest BCUT2D eigenvalue weighted by Gasteiger charge is -2.22. The van der Waals surface area contributed by atoms with Crippen molar-refractivity contribution < 1.29 is 9.53 Å². The van der Waals surface area contributed by atoms with Gasteiger partial charge in [0, 0.05) is 0 Å². The van der Waals surface area contributed by atoms with Gasteiger partial charge in [-0.3, -0.25) is 4.79 Å². The largest absolute Gasteiger partial charge is 0.459 e. The van der Waals surface area contributed by atoms with Crippen molar-refractivity contribution in [1.29, 1.82) is 0 Å². The van der Waals surface area contributed by atoms with Crippen LogP contribution >= 0.6 is 0 Å². The number of carbonyl (C=O) groups is 1. The minimum absolute atomic E-state index is 0.0521. The van der Waals surface area contributed by atoms with Gasteiger partial charge < -0.3 is 4.74 Å². The molecule has 0 heterocycles. The monoisotopic (exact) mass is 127 g/mol. The summed E-state index contributed by atoms with van der Waals surface area (Å²) in [6.07, 6.45) is 3.23. The Hall–Kier alpha value is -0.530. The number of hydrogen-bond donors (Lipinski definition) is 0. The Morgan fingerprint density at radius 2 is 2.33 bits per heavy atom. The molecule has 1 radical (unpaired) electrons. The Kier molecular flexibility index (Phi) is 2.09. The van der Waals surface area contributed by atoms with Crippen LogP contribution in [0.5, 0.6) is 0 Å². The molecule has 1 fully saturated rings. The Morgan fingerprint density at radius 1 is 1.67 bits per heavy atom. The molecule has 1 saturated carbocycles.